The molecule has 0 spiro atoms. The van der Waals surface area contributed by atoms with Crippen LogP contribution in [-0.4, -0.2) is 17.1 Å². The van der Waals surface area contributed by atoms with E-state index in [0.717, 1.165) is 50.5 Å². The molecule has 3 nitrogen and oxygen atoms in total. The summed E-state index contributed by atoms with van der Waals surface area (Å²) in [4.78, 5) is 27.3. The van der Waals surface area contributed by atoms with Gasteiger partial charge in [0.2, 0.25) is 0 Å². The van der Waals surface area contributed by atoms with Gasteiger partial charge in [0, 0.05) is 22.3 Å². The maximum atomic E-state index is 14.1. The Kier molecular flexibility index (Phi) is 4.64. The molecule has 2 N–H and O–H groups in total. The first-order valence-corrected chi connectivity index (χ1v) is 13.3. The topological polar surface area (TPSA) is 60.2 Å². The molecule has 5 aliphatic carbocycles. The lowest BCUT2D eigenvalue weighted by Crippen LogP contribution is -2.68. The van der Waals surface area contributed by atoms with Crippen LogP contribution in [0.25, 0.3) is 0 Å². The van der Waals surface area contributed by atoms with Gasteiger partial charge in [0.25, 0.3) is 0 Å². The number of hydrogen-bond donors (Lipinski definition) is 1. The second kappa shape index (κ2) is 6.50. The van der Waals surface area contributed by atoms with E-state index in [4.69, 9.17) is 5.73 Å². The molecule has 182 valence electrons. The molecule has 5 rings (SSSR count). The third-order valence-corrected chi connectivity index (χ3v) is 12.0. The fraction of sp³-hybridized carbons (Fsp3) is 0.800. The average molecular weight is 452 g/mol. The highest BCUT2D eigenvalue weighted by atomic mass is 16.1. The van der Waals surface area contributed by atoms with Gasteiger partial charge in [-0.15, -0.1) is 0 Å². The molecule has 5 aliphatic rings. The predicted octanol–water partition coefficient (Wildman–Crippen LogP) is 6.41. The number of carbonyl (C=O) groups is 2. The fourth-order valence-electron chi connectivity index (χ4n) is 9.90. The molecule has 0 aliphatic heterocycles. The minimum atomic E-state index is -0.400. The molecule has 0 heterocycles. The normalized spacial score (nSPS) is 50.3. The van der Waals surface area contributed by atoms with E-state index in [1.54, 1.807) is 0 Å². The number of allylic oxidation sites excluding steroid dienone is 4. The number of ketones is 2. The molecule has 0 amide bonds. The van der Waals surface area contributed by atoms with Crippen LogP contribution in [0.3, 0.4) is 0 Å². The van der Waals surface area contributed by atoms with E-state index in [0.29, 0.717) is 5.78 Å². The minimum Gasteiger partial charge on any atom is -0.325 e. The molecule has 7 atom stereocenters. The number of carbonyl (C=O) groups excluding carboxylic acids is 2. The van der Waals surface area contributed by atoms with Crippen molar-refractivity contribution in [2.24, 2.45) is 50.6 Å². The summed E-state index contributed by atoms with van der Waals surface area (Å²) in [5.74, 6) is 1.09. The lowest BCUT2D eigenvalue weighted by atomic mass is 9.35. The highest BCUT2D eigenvalue weighted by Crippen LogP contribution is 2.73. The van der Waals surface area contributed by atoms with E-state index < -0.39 is 5.41 Å². The number of Topliss-reactive ketones (excluding diaryl/α,β-unsaturated/α-hetero) is 1. The molecular formula is C30H45NO2. The molecule has 0 bridgehead atoms. The van der Waals surface area contributed by atoms with Gasteiger partial charge in [-0.2, -0.15) is 0 Å². The summed E-state index contributed by atoms with van der Waals surface area (Å²) in [5.41, 5.74) is 8.53. The van der Waals surface area contributed by atoms with Crippen molar-refractivity contribution in [1.82, 2.24) is 0 Å². The molecule has 33 heavy (non-hydrogen) atoms. The smallest absolute Gasteiger partial charge is 0.164 e. The molecule has 3 heteroatoms. The molecule has 0 radical (unpaired) electrons. The molecule has 0 aromatic rings. The average Bonchev–Trinajstić information content (AvgIpc) is 2.69. The Morgan fingerprint density at radius 2 is 1.55 bits per heavy atom. The van der Waals surface area contributed by atoms with Gasteiger partial charge in [-0.1, -0.05) is 60.1 Å². The van der Waals surface area contributed by atoms with E-state index in [-0.39, 0.29) is 50.7 Å². The van der Waals surface area contributed by atoms with Crippen LogP contribution in [0.5, 0.6) is 0 Å². The van der Waals surface area contributed by atoms with Crippen LogP contribution in [0.2, 0.25) is 0 Å². The van der Waals surface area contributed by atoms with E-state index in [9.17, 15) is 9.59 Å². The van der Waals surface area contributed by atoms with Crippen molar-refractivity contribution in [2.45, 2.75) is 106 Å². The lowest BCUT2D eigenvalue weighted by molar-refractivity contribution is -0.158. The zero-order valence-electron chi connectivity index (χ0n) is 22.2. The van der Waals surface area contributed by atoms with Gasteiger partial charge in [0.1, 0.15) is 0 Å². The SMILES string of the molecule is CC1=C[C@]2(C)C3=CC(=O)[C@@H]4[C@@H]5CC(C)(C)CC[C@]5(N)CC[C@@]4(C)[C@]3(C)CC[C@H]2C(C)(C)C1=O. The molecule has 3 saturated carbocycles. The Bertz CT molecular complexity index is 1000. The van der Waals surface area contributed by atoms with E-state index in [1.807, 2.05) is 6.92 Å². The van der Waals surface area contributed by atoms with Gasteiger partial charge >= 0.3 is 0 Å². The van der Waals surface area contributed by atoms with Crippen molar-refractivity contribution in [2.75, 3.05) is 0 Å². The number of fused-ring (bicyclic) bond motifs is 7. The second-order valence-corrected chi connectivity index (χ2v) is 14.6. The molecule has 0 aromatic heterocycles. The second-order valence-electron chi connectivity index (χ2n) is 14.6. The first-order chi connectivity index (χ1) is 15.0. The van der Waals surface area contributed by atoms with Gasteiger partial charge in [-0.3, -0.25) is 9.59 Å². The van der Waals surface area contributed by atoms with Crippen molar-refractivity contribution in [3.63, 3.8) is 0 Å². The van der Waals surface area contributed by atoms with Crippen molar-refractivity contribution in [3.8, 4) is 0 Å². The van der Waals surface area contributed by atoms with Crippen LogP contribution in [0.15, 0.2) is 23.3 Å². The summed E-state index contributed by atoms with van der Waals surface area (Å²) < 4.78 is 0. The summed E-state index contributed by atoms with van der Waals surface area (Å²) in [6.07, 6.45) is 11.7. The third-order valence-electron chi connectivity index (χ3n) is 12.0. The molecule has 3 fully saturated rings. The Morgan fingerprint density at radius 3 is 2.21 bits per heavy atom. The largest absolute Gasteiger partial charge is 0.325 e. The molecule has 0 saturated heterocycles. The minimum absolute atomic E-state index is 0.00744. The van der Waals surface area contributed by atoms with Crippen LogP contribution in [0.4, 0.5) is 0 Å². The maximum Gasteiger partial charge on any atom is 0.164 e. The van der Waals surface area contributed by atoms with E-state index in [2.05, 4.69) is 60.6 Å². The van der Waals surface area contributed by atoms with Crippen molar-refractivity contribution in [1.29, 1.82) is 0 Å². The van der Waals surface area contributed by atoms with Crippen LogP contribution in [-0.2, 0) is 9.59 Å². The maximum absolute atomic E-state index is 14.1. The zero-order chi connectivity index (χ0) is 24.4. The van der Waals surface area contributed by atoms with Crippen LogP contribution in [0, 0.1) is 44.8 Å². The van der Waals surface area contributed by atoms with Crippen LogP contribution < -0.4 is 5.73 Å². The molecular weight excluding hydrogens is 406 g/mol. The van der Waals surface area contributed by atoms with E-state index in [1.165, 1.54) is 5.57 Å². The van der Waals surface area contributed by atoms with Gasteiger partial charge < -0.3 is 5.73 Å². The summed E-state index contributed by atoms with van der Waals surface area (Å²) in [7, 11) is 0. The number of hydrogen-bond acceptors (Lipinski definition) is 3. The predicted molar refractivity (Wildman–Crippen MR) is 133 cm³/mol. The standard InChI is InChI=1S/C30H45NO2/c1-18-16-27(6)21(26(4,5)24(18)33)9-10-28(7)22(27)15-20(32)23-19-17-25(2,3)11-13-30(19,31)14-12-29(23,28)8/h15-16,19,21,23H,9-14,17,31H2,1-8H3/t19-,21-,23-,27-,28+,29+,30-/m0/s1. The Hall–Kier alpha value is -1.22. The summed E-state index contributed by atoms with van der Waals surface area (Å²) >= 11 is 0. The Morgan fingerprint density at radius 1 is 0.909 bits per heavy atom. The van der Waals surface area contributed by atoms with E-state index >= 15 is 0 Å². The first kappa shape index (κ1) is 23.5. The van der Waals surface area contributed by atoms with Gasteiger partial charge in [-0.05, 0) is 91.6 Å². The lowest BCUT2D eigenvalue weighted by Gasteiger charge is -2.69. The van der Waals surface area contributed by atoms with Crippen molar-refractivity contribution < 1.29 is 9.59 Å². The highest BCUT2D eigenvalue weighted by Gasteiger charge is 2.69. The fourth-order valence-corrected chi connectivity index (χ4v) is 9.90. The summed E-state index contributed by atoms with van der Waals surface area (Å²) in [6.45, 7) is 18.1. The van der Waals surface area contributed by atoms with Gasteiger partial charge in [-0.25, -0.2) is 0 Å². The third kappa shape index (κ3) is 2.78. The number of nitrogens with two attached hydrogens (primary N) is 1. The summed E-state index contributed by atoms with van der Waals surface area (Å²) in [6, 6.07) is 0. The van der Waals surface area contributed by atoms with Gasteiger partial charge in [0.05, 0.1) is 0 Å². The Labute approximate surface area is 201 Å². The first-order valence-electron chi connectivity index (χ1n) is 13.3. The van der Waals surface area contributed by atoms with Crippen molar-refractivity contribution in [3.05, 3.63) is 23.3 Å². The summed E-state index contributed by atoms with van der Waals surface area (Å²) in [5, 5.41) is 0. The molecule has 0 aromatic carbocycles. The monoisotopic (exact) mass is 451 g/mol. The highest BCUT2D eigenvalue weighted by molar-refractivity contribution is 6.01. The number of rotatable bonds is 0. The van der Waals surface area contributed by atoms with Crippen LogP contribution in [0.1, 0.15) is 100 Å². The molecule has 0 unspecified atom stereocenters. The van der Waals surface area contributed by atoms with Crippen LogP contribution >= 0.6 is 0 Å². The Balaban J connectivity index is 1.68. The zero-order valence-corrected chi connectivity index (χ0v) is 22.2. The van der Waals surface area contributed by atoms with Crippen molar-refractivity contribution >= 4 is 11.6 Å². The quantitative estimate of drug-likeness (QED) is 0.463. The van der Waals surface area contributed by atoms with Gasteiger partial charge in [0.15, 0.2) is 11.6 Å².